The summed E-state index contributed by atoms with van der Waals surface area (Å²) in [6.45, 7) is 6.65. The van der Waals surface area contributed by atoms with Gasteiger partial charge in [-0.2, -0.15) is 0 Å². The second-order valence-corrected chi connectivity index (χ2v) is 5.87. The maximum atomic E-state index is 12.0. The molecule has 0 spiro atoms. The molecule has 0 radical (unpaired) electrons. The summed E-state index contributed by atoms with van der Waals surface area (Å²) in [4.78, 5) is 14.2. The number of amides is 1. The van der Waals surface area contributed by atoms with E-state index in [0.717, 1.165) is 37.3 Å². The molecule has 1 aliphatic heterocycles. The van der Waals surface area contributed by atoms with Gasteiger partial charge >= 0.3 is 0 Å². The molecule has 0 aliphatic carbocycles. The number of rotatable bonds is 6. The Kier molecular flexibility index (Phi) is 6.48. The molecular weight excluding hydrogens is 336 g/mol. The lowest BCUT2D eigenvalue weighted by atomic mass is 10.3. The van der Waals surface area contributed by atoms with Crippen LogP contribution in [0.4, 0.5) is 0 Å². The number of hydrogen-bond donors (Lipinski definition) is 1. The van der Waals surface area contributed by atoms with Crippen LogP contribution in [0, 0.1) is 0 Å². The SMILES string of the molecule is C[C@@H](Oc1ccc(Br)cc1)C(=O)NCCN1CCOCC1. The number of nitrogens with one attached hydrogen (secondary N) is 1. The fourth-order valence-electron chi connectivity index (χ4n) is 2.08. The zero-order valence-corrected chi connectivity index (χ0v) is 13.8. The van der Waals surface area contributed by atoms with E-state index in [-0.39, 0.29) is 5.91 Å². The maximum absolute atomic E-state index is 12.0. The molecule has 0 unspecified atom stereocenters. The van der Waals surface area contributed by atoms with Gasteiger partial charge < -0.3 is 14.8 Å². The highest BCUT2D eigenvalue weighted by molar-refractivity contribution is 9.10. The smallest absolute Gasteiger partial charge is 0.260 e. The van der Waals surface area contributed by atoms with Crippen LogP contribution in [0.15, 0.2) is 28.7 Å². The van der Waals surface area contributed by atoms with Gasteiger partial charge in [-0.15, -0.1) is 0 Å². The van der Waals surface area contributed by atoms with Crippen molar-refractivity contribution in [3.05, 3.63) is 28.7 Å². The minimum absolute atomic E-state index is 0.0915. The van der Waals surface area contributed by atoms with E-state index in [1.807, 2.05) is 24.3 Å². The van der Waals surface area contributed by atoms with Crippen molar-refractivity contribution < 1.29 is 14.3 Å². The van der Waals surface area contributed by atoms with E-state index in [2.05, 4.69) is 26.1 Å². The second-order valence-electron chi connectivity index (χ2n) is 4.96. The van der Waals surface area contributed by atoms with Gasteiger partial charge in [0.05, 0.1) is 13.2 Å². The van der Waals surface area contributed by atoms with Gasteiger partial charge in [-0.3, -0.25) is 9.69 Å². The van der Waals surface area contributed by atoms with Crippen LogP contribution in [-0.4, -0.2) is 56.3 Å². The Hall–Kier alpha value is -1.11. The maximum Gasteiger partial charge on any atom is 0.260 e. The molecule has 6 heteroatoms. The lowest BCUT2D eigenvalue weighted by Crippen LogP contribution is -2.43. The normalized spacial score (nSPS) is 17.2. The summed E-state index contributed by atoms with van der Waals surface area (Å²) >= 11 is 3.36. The van der Waals surface area contributed by atoms with Crippen molar-refractivity contribution >= 4 is 21.8 Å². The van der Waals surface area contributed by atoms with Gasteiger partial charge in [-0.05, 0) is 31.2 Å². The molecule has 5 nitrogen and oxygen atoms in total. The first-order valence-electron chi connectivity index (χ1n) is 7.15. The number of carbonyl (C=O) groups excluding carboxylic acids is 1. The number of halogens is 1. The van der Waals surface area contributed by atoms with Crippen molar-refractivity contribution in [3.8, 4) is 5.75 Å². The number of nitrogens with zero attached hydrogens (tertiary/aromatic N) is 1. The van der Waals surface area contributed by atoms with Crippen LogP contribution >= 0.6 is 15.9 Å². The Morgan fingerprint density at radius 3 is 2.71 bits per heavy atom. The molecule has 1 N–H and O–H groups in total. The zero-order valence-electron chi connectivity index (χ0n) is 12.2. The van der Waals surface area contributed by atoms with E-state index >= 15 is 0 Å². The average Bonchev–Trinajstić information content (AvgIpc) is 2.50. The minimum Gasteiger partial charge on any atom is -0.481 e. The summed E-state index contributed by atoms with van der Waals surface area (Å²) in [7, 11) is 0. The molecule has 1 aromatic carbocycles. The molecule has 0 aromatic heterocycles. The summed E-state index contributed by atoms with van der Waals surface area (Å²) < 4.78 is 11.9. The van der Waals surface area contributed by atoms with Crippen LogP contribution in [0.1, 0.15) is 6.92 Å². The molecule has 1 atom stereocenters. The first kappa shape index (κ1) is 16.3. The molecule has 1 heterocycles. The summed E-state index contributed by atoms with van der Waals surface area (Å²) in [5, 5.41) is 2.91. The zero-order chi connectivity index (χ0) is 15.1. The quantitative estimate of drug-likeness (QED) is 0.842. The first-order valence-corrected chi connectivity index (χ1v) is 7.94. The monoisotopic (exact) mass is 356 g/mol. The van der Waals surface area contributed by atoms with Crippen molar-refractivity contribution in [1.29, 1.82) is 0 Å². The summed E-state index contributed by atoms with van der Waals surface area (Å²) in [5.41, 5.74) is 0. The van der Waals surface area contributed by atoms with Crippen LogP contribution in [0.5, 0.6) is 5.75 Å². The van der Waals surface area contributed by atoms with Gasteiger partial charge in [0.2, 0.25) is 0 Å². The van der Waals surface area contributed by atoms with E-state index in [9.17, 15) is 4.79 Å². The van der Waals surface area contributed by atoms with E-state index in [4.69, 9.17) is 9.47 Å². The van der Waals surface area contributed by atoms with Gasteiger partial charge in [0.25, 0.3) is 5.91 Å². The molecule has 2 rings (SSSR count). The Bertz CT molecular complexity index is 447. The highest BCUT2D eigenvalue weighted by Gasteiger charge is 2.15. The summed E-state index contributed by atoms with van der Waals surface area (Å²) in [5.74, 6) is 0.597. The van der Waals surface area contributed by atoms with Crippen molar-refractivity contribution in [3.63, 3.8) is 0 Å². The molecule has 1 aromatic rings. The van der Waals surface area contributed by atoms with Gasteiger partial charge in [0.15, 0.2) is 6.10 Å². The van der Waals surface area contributed by atoms with Crippen molar-refractivity contribution in [2.45, 2.75) is 13.0 Å². The highest BCUT2D eigenvalue weighted by Crippen LogP contribution is 2.17. The molecule has 1 amide bonds. The molecule has 0 saturated carbocycles. The number of morpholine rings is 1. The largest absolute Gasteiger partial charge is 0.481 e. The Morgan fingerprint density at radius 2 is 2.05 bits per heavy atom. The van der Waals surface area contributed by atoms with Crippen LogP contribution in [0.2, 0.25) is 0 Å². The van der Waals surface area contributed by atoms with Crippen LogP contribution < -0.4 is 10.1 Å². The third-order valence-corrected chi connectivity index (χ3v) is 3.86. The van der Waals surface area contributed by atoms with Gasteiger partial charge in [-0.25, -0.2) is 0 Å². The molecule has 21 heavy (non-hydrogen) atoms. The molecule has 1 fully saturated rings. The fourth-order valence-corrected chi connectivity index (χ4v) is 2.34. The lowest BCUT2D eigenvalue weighted by Gasteiger charge is -2.26. The van der Waals surface area contributed by atoms with Crippen LogP contribution in [-0.2, 0) is 9.53 Å². The third kappa shape index (κ3) is 5.65. The van der Waals surface area contributed by atoms with Crippen LogP contribution in [0.25, 0.3) is 0 Å². The number of carbonyl (C=O) groups is 1. The summed E-state index contributed by atoms with van der Waals surface area (Å²) in [6, 6.07) is 7.44. The van der Waals surface area contributed by atoms with Gasteiger partial charge in [0.1, 0.15) is 5.75 Å². The topological polar surface area (TPSA) is 50.8 Å². The predicted octanol–water partition coefficient (Wildman–Crippen LogP) is 1.66. The van der Waals surface area contributed by atoms with E-state index in [0.29, 0.717) is 12.3 Å². The van der Waals surface area contributed by atoms with Crippen molar-refractivity contribution in [2.24, 2.45) is 0 Å². The molecule has 1 saturated heterocycles. The molecule has 1 aliphatic rings. The Balaban J connectivity index is 1.68. The van der Waals surface area contributed by atoms with Crippen LogP contribution in [0.3, 0.4) is 0 Å². The molecule has 116 valence electrons. The number of hydrogen-bond acceptors (Lipinski definition) is 4. The second kappa shape index (κ2) is 8.36. The van der Waals surface area contributed by atoms with E-state index < -0.39 is 6.10 Å². The Labute approximate surface area is 133 Å². The molecular formula is C15H21BrN2O3. The fraction of sp³-hybridized carbons (Fsp3) is 0.533. The third-order valence-electron chi connectivity index (χ3n) is 3.33. The standard InChI is InChI=1S/C15H21BrN2O3/c1-12(21-14-4-2-13(16)3-5-14)15(19)17-6-7-18-8-10-20-11-9-18/h2-5,12H,6-11H2,1H3,(H,17,19)/t12-/m1/s1. The number of ether oxygens (including phenoxy) is 2. The number of benzene rings is 1. The molecule has 0 bridgehead atoms. The van der Waals surface area contributed by atoms with Gasteiger partial charge in [0, 0.05) is 30.7 Å². The lowest BCUT2D eigenvalue weighted by molar-refractivity contribution is -0.127. The Morgan fingerprint density at radius 1 is 1.38 bits per heavy atom. The highest BCUT2D eigenvalue weighted by atomic mass is 79.9. The van der Waals surface area contributed by atoms with E-state index in [1.54, 1.807) is 6.92 Å². The summed E-state index contributed by atoms with van der Waals surface area (Å²) in [6.07, 6.45) is -0.504. The predicted molar refractivity (Wildman–Crippen MR) is 84.5 cm³/mol. The van der Waals surface area contributed by atoms with Crippen molar-refractivity contribution in [2.75, 3.05) is 39.4 Å². The minimum atomic E-state index is -0.504. The van der Waals surface area contributed by atoms with Gasteiger partial charge in [-0.1, -0.05) is 15.9 Å². The van der Waals surface area contributed by atoms with Crippen molar-refractivity contribution in [1.82, 2.24) is 10.2 Å². The average molecular weight is 357 g/mol. The van der Waals surface area contributed by atoms with E-state index in [1.165, 1.54) is 0 Å². The first-order chi connectivity index (χ1) is 10.1.